The molecular weight excluding hydrogens is 438 g/mol. The van der Waals surface area contributed by atoms with E-state index in [9.17, 15) is 4.79 Å². The molecule has 2 N–H and O–H groups in total. The van der Waals surface area contributed by atoms with Gasteiger partial charge in [0.1, 0.15) is 17.2 Å². The normalized spacial score (nSPS) is 15.1. The number of hydrogen-bond acceptors (Lipinski definition) is 6. The molecule has 2 heterocycles. The number of nitrogens with one attached hydrogen (secondary N) is 2. The van der Waals surface area contributed by atoms with Crippen molar-refractivity contribution in [3.05, 3.63) is 88.2 Å². The number of nitrogens with zero attached hydrogens (tertiary/aromatic N) is 3. The number of hydrogen-bond donors (Lipinski definition) is 2. The third kappa shape index (κ3) is 4.34. The second-order valence-electron chi connectivity index (χ2n) is 9.37. The Morgan fingerprint density at radius 3 is 2.31 bits per heavy atom. The molecule has 7 heteroatoms. The van der Waals surface area contributed by atoms with Crippen LogP contribution in [-0.4, -0.2) is 55.3 Å². The van der Waals surface area contributed by atoms with Crippen LogP contribution in [0.3, 0.4) is 0 Å². The van der Waals surface area contributed by atoms with E-state index in [1.54, 1.807) is 11.7 Å². The predicted molar refractivity (Wildman–Crippen MR) is 140 cm³/mol. The molecule has 1 aromatic heterocycles. The number of ether oxygens (including phenoxy) is 1. The molecule has 0 amide bonds. The van der Waals surface area contributed by atoms with E-state index < -0.39 is 0 Å². The van der Waals surface area contributed by atoms with Crippen LogP contribution in [-0.2, 0) is 5.66 Å². The fourth-order valence-electron chi connectivity index (χ4n) is 4.86. The van der Waals surface area contributed by atoms with E-state index in [1.807, 2.05) is 49.4 Å². The van der Waals surface area contributed by atoms with Gasteiger partial charge in [0.25, 0.3) is 5.56 Å². The second-order valence-corrected chi connectivity index (χ2v) is 9.37. The molecule has 0 bridgehead atoms. The molecule has 1 saturated heterocycles. The summed E-state index contributed by atoms with van der Waals surface area (Å²) >= 11 is 0. The number of methoxy groups -OCH3 is 1. The van der Waals surface area contributed by atoms with Gasteiger partial charge in [-0.25, -0.2) is 4.98 Å². The van der Waals surface area contributed by atoms with E-state index in [-0.39, 0.29) is 11.2 Å². The maximum absolute atomic E-state index is 13.7. The van der Waals surface area contributed by atoms with Gasteiger partial charge in [-0.05, 0) is 63.0 Å². The van der Waals surface area contributed by atoms with Gasteiger partial charge in [-0.3, -0.25) is 20.0 Å². The lowest BCUT2D eigenvalue weighted by atomic mass is 9.98. The van der Waals surface area contributed by atoms with E-state index in [0.29, 0.717) is 16.7 Å². The highest BCUT2D eigenvalue weighted by Gasteiger charge is 2.35. The topological polar surface area (TPSA) is 71.4 Å². The summed E-state index contributed by atoms with van der Waals surface area (Å²) in [6, 6.07) is 21.6. The number of likely N-dealkylation sites (N-methyl/N-ethyl adjacent to an activating group) is 1. The fourth-order valence-corrected chi connectivity index (χ4v) is 4.86. The summed E-state index contributed by atoms with van der Waals surface area (Å²) in [7, 11) is 5.78. The van der Waals surface area contributed by atoms with Gasteiger partial charge in [-0.2, -0.15) is 0 Å². The molecule has 1 fully saturated rings. The van der Waals surface area contributed by atoms with E-state index in [4.69, 9.17) is 9.72 Å². The molecule has 3 aromatic carbocycles. The lowest BCUT2D eigenvalue weighted by Gasteiger charge is -2.33. The van der Waals surface area contributed by atoms with Crippen molar-refractivity contribution in [1.29, 1.82) is 0 Å². The van der Waals surface area contributed by atoms with Gasteiger partial charge in [0.15, 0.2) is 0 Å². The van der Waals surface area contributed by atoms with Crippen LogP contribution >= 0.6 is 0 Å². The molecule has 35 heavy (non-hydrogen) atoms. The van der Waals surface area contributed by atoms with Crippen LogP contribution in [0, 0.1) is 6.92 Å². The molecule has 0 unspecified atom stereocenters. The SMILES string of the molecule is COc1ccc(-n2c(-c3ccc(C4(CN(C)C)NCCN4)cc3)nc3ccc(C)cc3c2=O)cc1. The third-order valence-corrected chi connectivity index (χ3v) is 6.52. The highest BCUT2D eigenvalue weighted by molar-refractivity contribution is 5.81. The maximum atomic E-state index is 13.7. The summed E-state index contributed by atoms with van der Waals surface area (Å²) < 4.78 is 7.01. The summed E-state index contributed by atoms with van der Waals surface area (Å²) in [6.07, 6.45) is 0. The van der Waals surface area contributed by atoms with Crippen molar-refractivity contribution in [3.8, 4) is 22.8 Å². The number of fused-ring (bicyclic) bond motifs is 1. The van der Waals surface area contributed by atoms with Gasteiger partial charge < -0.3 is 9.64 Å². The fraction of sp³-hybridized carbons (Fsp3) is 0.286. The van der Waals surface area contributed by atoms with Crippen molar-refractivity contribution >= 4 is 10.9 Å². The third-order valence-electron chi connectivity index (χ3n) is 6.52. The van der Waals surface area contributed by atoms with E-state index in [0.717, 1.165) is 47.8 Å². The van der Waals surface area contributed by atoms with E-state index in [1.165, 1.54) is 0 Å². The molecule has 0 saturated carbocycles. The Morgan fingerprint density at radius 2 is 1.69 bits per heavy atom. The van der Waals surface area contributed by atoms with Gasteiger partial charge in [0.05, 0.1) is 23.7 Å². The first-order valence-electron chi connectivity index (χ1n) is 11.8. The lowest BCUT2D eigenvalue weighted by molar-refractivity contribution is 0.235. The minimum atomic E-state index is -0.300. The minimum Gasteiger partial charge on any atom is -0.497 e. The van der Waals surface area contributed by atoms with Crippen molar-refractivity contribution in [2.75, 3.05) is 40.8 Å². The Labute approximate surface area is 205 Å². The monoisotopic (exact) mass is 469 g/mol. The van der Waals surface area contributed by atoms with Gasteiger partial charge >= 0.3 is 0 Å². The average molecular weight is 470 g/mol. The summed E-state index contributed by atoms with van der Waals surface area (Å²) in [5, 5.41) is 7.86. The van der Waals surface area contributed by atoms with Crippen molar-refractivity contribution in [2.45, 2.75) is 12.6 Å². The van der Waals surface area contributed by atoms with Crippen LogP contribution in [0.4, 0.5) is 0 Å². The zero-order chi connectivity index (χ0) is 24.6. The van der Waals surface area contributed by atoms with Gasteiger partial charge in [0.2, 0.25) is 0 Å². The van der Waals surface area contributed by atoms with Crippen LogP contribution in [0.5, 0.6) is 5.75 Å². The molecule has 5 rings (SSSR count). The molecule has 4 aromatic rings. The highest BCUT2D eigenvalue weighted by Crippen LogP contribution is 2.27. The Kier molecular flexibility index (Phi) is 6.15. The van der Waals surface area contributed by atoms with Gasteiger partial charge in [-0.15, -0.1) is 0 Å². The summed E-state index contributed by atoms with van der Waals surface area (Å²) in [6.45, 7) is 4.64. The molecule has 1 aliphatic rings. The molecule has 7 nitrogen and oxygen atoms in total. The number of aryl methyl sites for hydroxylation is 1. The van der Waals surface area contributed by atoms with E-state index >= 15 is 0 Å². The maximum Gasteiger partial charge on any atom is 0.266 e. The zero-order valence-corrected chi connectivity index (χ0v) is 20.6. The number of rotatable bonds is 6. The van der Waals surface area contributed by atoms with Gasteiger partial charge in [-0.1, -0.05) is 35.9 Å². The Morgan fingerprint density at radius 1 is 1.00 bits per heavy atom. The molecule has 180 valence electrons. The Hall–Kier alpha value is -3.52. The standard InChI is InChI=1S/C28H31N5O2/c1-19-5-14-25-24(17-19)27(34)33(22-10-12-23(35-4)13-11-22)26(31-25)20-6-8-21(9-7-20)28(18-32(2)3)29-15-16-30-28/h5-14,17,29-30H,15-16,18H2,1-4H3. The summed E-state index contributed by atoms with van der Waals surface area (Å²) in [5.74, 6) is 1.34. The van der Waals surface area contributed by atoms with E-state index in [2.05, 4.69) is 53.9 Å². The summed E-state index contributed by atoms with van der Waals surface area (Å²) in [4.78, 5) is 20.9. The minimum absolute atomic E-state index is 0.0915. The molecular formula is C28H31N5O2. The first-order chi connectivity index (χ1) is 16.9. The number of aromatic nitrogens is 2. The average Bonchev–Trinajstić information content (AvgIpc) is 3.33. The quantitative estimate of drug-likeness (QED) is 0.452. The molecule has 1 aliphatic heterocycles. The van der Waals surface area contributed by atoms with Crippen molar-refractivity contribution in [2.24, 2.45) is 0 Å². The zero-order valence-electron chi connectivity index (χ0n) is 20.6. The Bertz CT molecular complexity index is 1400. The van der Waals surface area contributed by atoms with Crippen LogP contribution in [0.2, 0.25) is 0 Å². The first-order valence-corrected chi connectivity index (χ1v) is 11.8. The van der Waals surface area contributed by atoms with Crippen LogP contribution in [0.25, 0.3) is 28.0 Å². The largest absolute Gasteiger partial charge is 0.497 e. The van der Waals surface area contributed by atoms with Gasteiger partial charge in [0, 0.05) is 25.2 Å². The first kappa shape index (κ1) is 23.2. The molecule has 0 spiro atoms. The number of benzene rings is 3. The van der Waals surface area contributed by atoms with Crippen molar-refractivity contribution in [3.63, 3.8) is 0 Å². The smallest absolute Gasteiger partial charge is 0.266 e. The molecule has 0 radical (unpaired) electrons. The Balaban J connectivity index is 1.66. The molecule has 0 atom stereocenters. The summed E-state index contributed by atoms with van der Waals surface area (Å²) in [5.41, 5.74) is 4.10. The van der Waals surface area contributed by atoms with Crippen LogP contribution < -0.4 is 20.9 Å². The predicted octanol–water partition coefficient (Wildman–Crippen LogP) is 3.28. The second kappa shape index (κ2) is 9.26. The highest BCUT2D eigenvalue weighted by atomic mass is 16.5. The van der Waals surface area contributed by atoms with Crippen LogP contribution in [0.1, 0.15) is 11.1 Å². The van der Waals surface area contributed by atoms with Crippen LogP contribution in [0.15, 0.2) is 71.5 Å². The molecule has 0 aliphatic carbocycles. The lowest BCUT2D eigenvalue weighted by Crippen LogP contribution is -2.52. The van der Waals surface area contributed by atoms with Crippen molar-refractivity contribution < 1.29 is 4.74 Å². The van der Waals surface area contributed by atoms with Crippen molar-refractivity contribution in [1.82, 2.24) is 25.1 Å².